The first-order valence-corrected chi connectivity index (χ1v) is 6.48. The molecule has 0 saturated carbocycles. The van der Waals surface area contributed by atoms with Gasteiger partial charge in [-0.15, -0.1) is 11.6 Å². The molecule has 2 heterocycles. The summed E-state index contributed by atoms with van der Waals surface area (Å²) in [6, 6.07) is 0. The number of alkyl halides is 1. The molecular weight excluding hydrogens is 274 g/mol. The summed E-state index contributed by atoms with van der Waals surface area (Å²) in [5.41, 5.74) is 5.75. The van der Waals surface area contributed by atoms with Gasteiger partial charge in [-0.1, -0.05) is 0 Å². The van der Waals surface area contributed by atoms with Gasteiger partial charge in [0.2, 0.25) is 0 Å². The molecule has 1 aromatic rings. The number of halogens is 1. The molecule has 3 unspecified atom stereocenters. The van der Waals surface area contributed by atoms with E-state index in [-0.39, 0.29) is 18.8 Å². The van der Waals surface area contributed by atoms with Crippen LogP contribution in [0.25, 0.3) is 0 Å². The van der Waals surface area contributed by atoms with E-state index in [0.717, 1.165) is 0 Å². The number of ether oxygens (including phenoxy) is 1. The van der Waals surface area contributed by atoms with Crippen molar-refractivity contribution in [2.75, 3.05) is 18.2 Å². The number of aliphatic hydroxyl groups excluding tert-OH is 2. The van der Waals surface area contributed by atoms with Crippen LogP contribution in [-0.4, -0.2) is 44.5 Å². The maximum Gasteiger partial charge on any atom is 0.351 e. The zero-order chi connectivity index (χ0) is 14.0. The molecule has 0 amide bonds. The Balaban J connectivity index is 2.30. The van der Waals surface area contributed by atoms with Crippen LogP contribution in [0, 0.1) is 0 Å². The van der Waals surface area contributed by atoms with Crippen molar-refractivity contribution in [2.45, 2.75) is 31.3 Å². The fourth-order valence-corrected chi connectivity index (χ4v) is 2.28. The summed E-state index contributed by atoms with van der Waals surface area (Å²) in [4.78, 5) is 15.5. The quantitative estimate of drug-likeness (QED) is 0.629. The Morgan fingerprint density at radius 1 is 1.63 bits per heavy atom. The molecule has 4 N–H and O–H groups in total. The summed E-state index contributed by atoms with van der Waals surface area (Å²) < 4.78 is 6.69. The number of nitrogens with two attached hydrogens (primary N) is 1. The van der Waals surface area contributed by atoms with E-state index < -0.39 is 24.1 Å². The highest BCUT2D eigenvalue weighted by Gasteiger charge is 2.35. The van der Waals surface area contributed by atoms with Crippen LogP contribution in [0.3, 0.4) is 0 Å². The molecule has 1 saturated heterocycles. The fraction of sp³-hybridized carbons (Fsp3) is 0.636. The molecule has 0 bridgehead atoms. The predicted octanol–water partition coefficient (Wildman–Crippen LogP) is -0.753. The number of rotatable bonds is 4. The molecule has 1 aliphatic rings. The van der Waals surface area contributed by atoms with Crippen LogP contribution in [0.4, 0.5) is 5.82 Å². The Bertz CT molecular complexity index is 507. The van der Waals surface area contributed by atoms with Crippen molar-refractivity contribution < 1.29 is 14.9 Å². The van der Waals surface area contributed by atoms with Gasteiger partial charge in [-0.05, 0) is 6.42 Å². The first-order valence-electron chi connectivity index (χ1n) is 5.94. The molecular formula is C11H16ClN3O4. The number of hydrogen-bond acceptors (Lipinski definition) is 6. The molecule has 1 aliphatic heterocycles. The maximum absolute atomic E-state index is 11.8. The van der Waals surface area contributed by atoms with Crippen molar-refractivity contribution in [2.24, 2.45) is 0 Å². The summed E-state index contributed by atoms with van der Waals surface area (Å²) >= 11 is 5.65. The summed E-state index contributed by atoms with van der Waals surface area (Å²) in [7, 11) is 0. The Morgan fingerprint density at radius 2 is 2.37 bits per heavy atom. The second-order valence-electron chi connectivity index (χ2n) is 4.40. The van der Waals surface area contributed by atoms with E-state index in [1.54, 1.807) is 6.20 Å². The van der Waals surface area contributed by atoms with Gasteiger partial charge in [0.05, 0.1) is 12.7 Å². The van der Waals surface area contributed by atoms with Gasteiger partial charge in [-0.3, -0.25) is 4.57 Å². The van der Waals surface area contributed by atoms with Crippen LogP contribution in [0.2, 0.25) is 0 Å². The van der Waals surface area contributed by atoms with Crippen molar-refractivity contribution in [1.29, 1.82) is 0 Å². The first kappa shape index (κ1) is 14.3. The average Bonchev–Trinajstić information content (AvgIpc) is 2.74. The van der Waals surface area contributed by atoms with Gasteiger partial charge in [0.25, 0.3) is 0 Å². The first-order chi connectivity index (χ1) is 9.06. The standard InChI is InChI=1S/C11H16ClN3O4/c12-2-1-6-4-15(11(18)14-10(6)13)9-3-7(17)8(5-16)19-9/h4,7-9,16-17H,1-3,5H2,(H2,13,14,18). The monoisotopic (exact) mass is 289 g/mol. The van der Waals surface area contributed by atoms with Crippen molar-refractivity contribution in [3.05, 3.63) is 22.2 Å². The molecule has 0 spiro atoms. The third kappa shape index (κ3) is 2.89. The van der Waals surface area contributed by atoms with Gasteiger partial charge in [0, 0.05) is 24.1 Å². The summed E-state index contributed by atoms with van der Waals surface area (Å²) in [5.74, 6) is 0.511. The lowest BCUT2D eigenvalue weighted by Crippen LogP contribution is -2.29. The van der Waals surface area contributed by atoms with Crippen LogP contribution in [0.1, 0.15) is 18.2 Å². The lowest BCUT2D eigenvalue weighted by atomic mass is 10.2. The van der Waals surface area contributed by atoms with E-state index in [2.05, 4.69) is 4.98 Å². The van der Waals surface area contributed by atoms with E-state index in [1.807, 2.05) is 0 Å². The molecule has 106 valence electrons. The van der Waals surface area contributed by atoms with E-state index in [1.165, 1.54) is 4.57 Å². The SMILES string of the molecule is Nc1nc(=O)n(C2CC(O)C(CO)O2)cc1CCCl. The summed E-state index contributed by atoms with van der Waals surface area (Å²) in [5, 5.41) is 18.7. The highest BCUT2D eigenvalue weighted by atomic mass is 35.5. The van der Waals surface area contributed by atoms with Crippen molar-refractivity contribution in [3.63, 3.8) is 0 Å². The summed E-state index contributed by atoms with van der Waals surface area (Å²) in [6.45, 7) is -0.302. The minimum atomic E-state index is -0.809. The molecule has 1 aromatic heterocycles. The maximum atomic E-state index is 11.8. The number of aryl methyl sites for hydroxylation is 1. The number of nitrogen functional groups attached to an aromatic ring is 1. The van der Waals surface area contributed by atoms with Gasteiger partial charge < -0.3 is 20.7 Å². The average molecular weight is 290 g/mol. The third-order valence-electron chi connectivity index (χ3n) is 3.12. The van der Waals surface area contributed by atoms with Gasteiger partial charge in [-0.2, -0.15) is 4.98 Å². The van der Waals surface area contributed by atoms with E-state index in [9.17, 15) is 9.90 Å². The van der Waals surface area contributed by atoms with Gasteiger partial charge in [-0.25, -0.2) is 4.79 Å². The minimum Gasteiger partial charge on any atom is -0.394 e. The van der Waals surface area contributed by atoms with E-state index in [4.69, 9.17) is 27.2 Å². The zero-order valence-corrected chi connectivity index (χ0v) is 11.0. The Hall–Kier alpha value is -1.15. The Labute approximate surface area is 114 Å². The number of anilines is 1. The number of aliphatic hydroxyl groups is 2. The minimum absolute atomic E-state index is 0.152. The lowest BCUT2D eigenvalue weighted by molar-refractivity contribution is -0.0459. The number of hydrogen-bond donors (Lipinski definition) is 3. The lowest BCUT2D eigenvalue weighted by Gasteiger charge is -2.16. The largest absolute Gasteiger partial charge is 0.394 e. The molecule has 0 radical (unpaired) electrons. The van der Waals surface area contributed by atoms with Crippen molar-refractivity contribution in [1.82, 2.24) is 9.55 Å². The second kappa shape index (κ2) is 5.87. The van der Waals surface area contributed by atoms with Crippen LogP contribution >= 0.6 is 11.6 Å². The molecule has 8 heteroatoms. The van der Waals surface area contributed by atoms with Crippen LogP contribution in [0.15, 0.2) is 11.0 Å². The Morgan fingerprint density at radius 3 is 2.95 bits per heavy atom. The molecule has 1 fully saturated rings. The summed E-state index contributed by atoms with van der Waals surface area (Å²) in [6.07, 6.45) is 0.101. The van der Waals surface area contributed by atoms with Crippen molar-refractivity contribution in [3.8, 4) is 0 Å². The second-order valence-corrected chi connectivity index (χ2v) is 4.77. The molecule has 0 aromatic carbocycles. The molecule has 0 aliphatic carbocycles. The van der Waals surface area contributed by atoms with Gasteiger partial charge >= 0.3 is 5.69 Å². The Kier molecular flexibility index (Phi) is 4.41. The molecule has 2 rings (SSSR count). The van der Waals surface area contributed by atoms with Gasteiger partial charge in [0.1, 0.15) is 18.1 Å². The van der Waals surface area contributed by atoms with Gasteiger partial charge in [0.15, 0.2) is 0 Å². The number of nitrogens with zero attached hydrogens (tertiary/aromatic N) is 2. The predicted molar refractivity (Wildman–Crippen MR) is 69.0 cm³/mol. The number of aromatic nitrogens is 2. The third-order valence-corrected chi connectivity index (χ3v) is 3.31. The van der Waals surface area contributed by atoms with E-state index in [0.29, 0.717) is 17.9 Å². The van der Waals surface area contributed by atoms with Crippen molar-refractivity contribution >= 4 is 17.4 Å². The normalized spacial score (nSPS) is 26.8. The van der Waals surface area contributed by atoms with Crippen LogP contribution < -0.4 is 11.4 Å². The fourth-order valence-electron chi connectivity index (χ4n) is 2.07. The topological polar surface area (TPSA) is 111 Å². The highest BCUT2D eigenvalue weighted by Crippen LogP contribution is 2.27. The van der Waals surface area contributed by atoms with Crippen LogP contribution in [-0.2, 0) is 11.2 Å². The van der Waals surface area contributed by atoms with E-state index >= 15 is 0 Å². The zero-order valence-electron chi connectivity index (χ0n) is 10.2. The van der Waals surface area contributed by atoms with Crippen LogP contribution in [0.5, 0.6) is 0 Å². The highest BCUT2D eigenvalue weighted by molar-refractivity contribution is 6.18. The molecule has 19 heavy (non-hydrogen) atoms. The molecule has 7 nitrogen and oxygen atoms in total. The smallest absolute Gasteiger partial charge is 0.351 e. The molecule has 3 atom stereocenters.